The lowest BCUT2D eigenvalue weighted by Gasteiger charge is -2.38. The zero-order valence-electron chi connectivity index (χ0n) is 18.6. The second-order valence-electron chi connectivity index (χ2n) is 8.98. The molecule has 1 aromatic carbocycles. The van der Waals surface area contributed by atoms with Gasteiger partial charge in [0.25, 0.3) is 0 Å². The lowest BCUT2D eigenvalue weighted by Crippen LogP contribution is -2.51. The van der Waals surface area contributed by atoms with Crippen LogP contribution in [0, 0.1) is 5.82 Å². The van der Waals surface area contributed by atoms with Crippen molar-refractivity contribution in [2.75, 3.05) is 37.6 Å². The van der Waals surface area contributed by atoms with Crippen molar-refractivity contribution < 1.29 is 9.18 Å². The molecule has 1 saturated heterocycles. The lowest BCUT2D eigenvalue weighted by atomic mass is 9.96. The summed E-state index contributed by atoms with van der Waals surface area (Å²) in [7, 11) is 0. The third kappa shape index (κ3) is 4.71. The first-order chi connectivity index (χ1) is 14.9. The Hall–Kier alpha value is -2.54. The highest BCUT2D eigenvalue weighted by molar-refractivity contribution is 5.84. The van der Waals surface area contributed by atoms with Crippen LogP contribution >= 0.6 is 0 Å². The molecular formula is C24H32FN5O. The van der Waals surface area contributed by atoms with Gasteiger partial charge in [-0.05, 0) is 36.5 Å². The monoisotopic (exact) mass is 425 g/mol. The highest BCUT2D eigenvalue weighted by Crippen LogP contribution is 2.37. The predicted molar refractivity (Wildman–Crippen MR) is 120 cm³/mol. The molecule has 4 rings (SSSR count). The molecule has 0 unspecified atom stereocenters. The number of benzene rings is 1. The predicted octanol–water partition coefficient (Wildman–Crippen LogP) is 3.10. The van der Waals surface area contributed by atoms with Crippen molar-refractivity contribution in [1.82, 2.24) is 20.2 Å². The fourth-order valence-corrected chi connectivity index (χ4v) is 4.63. The van der Waals surface area contributed by atoms with Crippen molar-refractivity contribution >= 4 is 11.7 Å². The first-order valence-electron chi connectivity index (χ1n) is 11.3. The van der Waals surface area contributed by atoms with Crippen molar-refractivity contribution in [2.24, 2.45) is 0 Å². The number of amides is 1. The Morgan fingerprint density at radius 2 is 1.87 bits per heavy atom. The summed E-state index contributed by atoms with van der Waals surface area (Å²) in [4.78, 5) is 26.7. The minimum absolute atomic E-state index is 0.0979. The number of aromatic nitrogens is 2. The molecule has 0 spiro atoms. The largest absolute Gasteiger partial charge is 0.353 e. The van der Waals surface area contributed by atoms with Crippen LogP contribution in [0.4, 0.5) is 10.2 Å². The number of rotatable bonds is 6. The zero-order valence-corrected chi connectivity index (χ0v) is 18.6. The number of aryl methyl sites for hydroxylation is 1. The first-order valence-corrected chi connectivity index (χ1v) is 11.3. The second-order valence-corrected chi connectivity index (χ2v) is 8.98. The van der Waals surface area contributed by atoms with Crippen LogP contribution < -0.4 is 10.2 Å². The smallest absolute Gasteiger partial charge is 0.231 e. The third-order valence-electron chi connectivity index (χ3n) is 6.44. The van der Waals surface area contributed by atoms with Gasteiger partial charge in [0, 0.05) is 50.0 Å². The minimum atomic E-state index is -0.321. The molecule has 6 nitrogen and oxygen atoms in total. The summed E-state index contributed by atoms with van der Waals surface area (Å²) in [6.07, 6.45) is 3.82. The van der Waals surface area contributed by atoms with Crippen LogP contribution in [0.5, 0.6) is 0 Å². The highest BCUT2D eigenvalue weighted by atomic mass is 19.1. The van der Waals surface area contributed by atoms with Gasteiger partial charge in [-0.1, -0.05) is 32.9 Å². The van der Waals surface area contributed by atoms with E-state index in [0.717, 1.165) is 37.3 Å². The van der Waals surface area contributed by atoms with E-state index in [1.807, 2.05) is 4.90 Å². The molecule has 1 amide bonds. The van der Waals surface area contributed by atoms with Gasteiger partial charge in [-0.2, -0.15) is 0 Å². The number of fused-ring (bicyclic) bond motifs is 1. The summed E-state index contributed by atoms with van der Waals surface area (Å²) in [6, 6.07) is 6.58. The normalized spacial score (nSPS) is 19.6. The average molecular weight is 426 g/mol. The molecule has 2 heterocycles. The summed E-state index contributed by atoms with van der Waals surface area (Å²) in [5, 5.41) is 3.38. The van der Waals surface area contributed by atoms with Crippen molar-refractivity contribution in [3.63, 3.8) is 0 Å². The summed E-state index contributed by atoms with van der Waals surface area (Å²) in [5.74, 6) is 1.01. The molecule has 166 valence electrons. The van der Waals surface area contributed by atoms with Gasteiger partial charge in [-0.3, -0.25) is 4.79 Å². The van der Waals surface area contributed by atoms with E-state index in [-0.39, 0.29) is 23.7 Å². The van der Waals surface area contributed by atoms with Gasteiger partial charge in [0.1, 0.15) is 18.0 Å². The molecule has 1 N–H and O–H groups in total. The van der Waals surface area contributed by atoms with Crippen LogP contribution in [0.1, 0.15) is 55.8 Å². The molecule has 0 bridgehead atoms. The van der Waals surface area contributed by atoms with E-state index in [1.165, 1.54) is 23.4 Å². The number of hydrogen-bond acceptors (Lipinski definition) is 5. The van der Waals surface area contributed by atoms with Crippen molar-refractivity contribution in [3.05, 3.63) is 53.2 Å². The molecule has 0 radical (unpaired) electrons. The van der Waals surface area contributed by atoms with Gasteiger partial charge in [0.05, 0.1) is 5.92 Å². The van der Waals surface area contributed by atoms with Gasteiger partial charge in [0.15, 0.2) is 0 Å². The van der Waals surface area contributed by atoms with Crippen molar-refractivity contribution in [1.29, 1.82) is 0 Å². The Morgan fingerprint density at radius 1 is 1.16 bits per heavy atom. The maximum atomic E-state index is 13.4. The number of nitrogens with zero attached hydrogens (tertiary/aromatic N) is 4. The summed E-state index contributed by atoms with van der Waals surface area (Å²) in [6.45, 7) is 9.74. The van der Waals surface area contributed by atoms with Crippen molar-refractivity contribution in [3.8, 4) is 0 Å². The van der Waals surface area contributed by atoms with E-state index >= 15 is 0 Å². The fraction of sp³-hybridized carbons (Fsp3) is 0.542. The number of anilines is 1. The molecule has 7 heteroatoms. The maximum Gasteiger partial charge on any atom is 0.231 e. The van der Waals surface area contributed by atoms with Crippen LogP contribution in [0.25, 0.3) is 0 Å². The van der Waals surface area contributed by atoms with Crippen molar-refractivity contribution in [2.45, 2.75) is 51.5 Å². The van der Waals surface area contributed by atoms with Gasteiger partial charge < -0.3 is 15.1 Å². The molecule has 1 aromatic heterocycles. The Balaban J connectivity index is 1.46. The number of carbonyl (C=O) groups excluding carboxylic acids is 1. The van der Waals surface area contributed by atoms with Gasteiger partial charge in [-0.15, -0.1) is 0 Å². The molecule has 1 aliphatic heterocycles. The molecule has 0 saturated carbocycles. The van der Waals surface area contributed by atoms with Gasteiger partial charge in [-0.25, -0.2) is 14.4 Å². The van der Waals surface area contributed by atoms with E-state index in [9.17, 15) is 9.18 Å². The third-order valence-corrected chi connectivity index (χ3v) is 6.44. The van der Waals surface area contributed by atoms with E-state index in [4.69, 9.17) is 0 Å². The quantitative estimate of drug-likeness (QED) is 0.771. The number of carbonyl (C=O) groups is 1. The number of hydrogen-bond donors (Lipinski definition) is 1. The van der Waals surface area contributed by atoms with Crippen LogP contribution in [-0.2, 0) is 11.2 Å². The van der Waals surface area contributed by atoms with E-state index < -0.39 is 0 Å². The Morgan fingerprint density at radius 3 is 2.55 bits per heavy atom. The first kappa shape index (κ1) is 21.7. The van der Waals surface area contributed by atoms with Crippen LogP contribution in [-0.4, -0.2) is 59.5 Å². The summed E-state index contributed by atoms with van der Waals surface area (Å²) in [5.41, 5.74) is 3.31. The Labute approximate surface area is 183 Å². The van der Waals surface area contributed by atoms with Crippen LogP contribution in [0.2, 0.25) is 0 Å². The second kappa shape index (κ2) is 9.30. The molecule has 1 aliphatic carbocycles. The topological polar surface area (TPSA) is 61.4 Å². The summed E-state index contributed by atoms with van der Waals surface area (Å²) >= 11 is 0. The molecule has 2 atom stereocenters. The Bertz CT molecular complexity index is 909. The SMILES string of the molecule is CC(C)NC[C@H](C(=O)N1CCN(c2ncnc3c2[C@H](C)CC3)CC1)c1ccc(F)cc1. The van der Waals surface area contributed by atoms with Crippen LogP contribution in [0.3, 0.4) is 0 Å². The standard InChI is InChI=1S/C24H32FN5O/c1-16(2)26-14-20(18-5-7-19(25)8-6-18)24(31)30-12-10-29(11-13-30)23-22-17(3)4-9-21(22)27-15-28-23/h5-8,15-17,20,26H,4,9-14H2,1-3H3/t17-,20+/m1/s1. The minimum Gasteiger partial charge on any atom is -0.353 e. The van der Waals surface area contributed by atoms with Crippen LogP contribution in [0.15, 0.2) is 30.6 Å². The molecule has 2 aromatic rings. The van der Waals surface area contributed by atoms with E-state index in [0.29, 0.717) is 25.6 Å². The number of piperazine rings is 1. The fourth-order valence-electron chi connectivity index (χ4n) is 4.63. The summed E-state index contributed by atoms with van der Waals surface area (Å²) < 4.78 is 13.4. The van der Waals surface area contributed by atoms with Gasteiger partial charge >= 0.3 is 0 Å². The van der Waals surface area contributed by atoms with E-state index in [2.05, 4.69) is 41.0 Å². The highest BCUT2D eigenvalue weighted by Gasteiger charge is 2.32. The molecular weight excluding hydrogens is 393 g/mol. The number of halogens is 1. The van der Waals surface area contributed by atoms with E-state index in [1.54, 1.807) is 18.5 Å². The lowest BCUT2D eigenvalue weighted by molar-refractivity contribution is -0.133. The molecule has 2 aliphatic rings. The average Bonchev–Trinajstić information content (AvgIpc) is 3.16. The Kier molecular flexibility index (Phi) is 6.51. The molecule has 31 heavy (non-hydrogen) atoms. The maximum absolute atomic E-state index is 13.4. The molecule has 1 fully saturated rings. The zero-order chi connectivity index (χ0) is 22.0. The van der Waals surface area contributed by atoms with Gasteiger partial charge in [0.2, 0.25) is 5.91 Å². The number of nitrogens with one attached hydrogen (secondary N) is 1.